The number of nitrogens with zero attached hydrogens (tertiary/aromatic N) is 8. The van der Waals surface area contributed by atoms with Crippen LogP contribution in [0, 0.1) is 5.82 Å². The number of aromatic nitrogens is 6. The van der Waals surface area contributed by atoms with E-state index in [1.807, 2.05) is 35.9 Å². The number of thioether (sulfide) groups is 1. The van der Waals surface area contributed by atoms with Gasteiger partial charge in [0.2, 0.25) is 5.79 Å². The van der Waals surface area contributed by atoms with Gasteiger partial charge in [-0.05, 0) is 73.5 Å². The SMILES string of the molecule is Cn1cnnc1SC[C@@]1(c2ccc(F)cc2)OC[C@@H](COc2ccc(N3CCN(c4ccc(-n5ncn(C6CCCC6)c5=O)cc4)CC3)cc2)O1. The molecular formula is C37H41FN8O4S. The number of hydrogen-bond acceptors (Lipinski definition) is 10. The first-order valence-electron chi connectivity index (χ1n) is 17.5. The standard InChI is InChI=1S/C37H41FN8O4S/c1-42-25-39-41-35(42)51-24-37(27-6-8-28(38)9-7-27)49-23-34(50-37)22-48-33-16-14-30(15-17-33)44-20-18-43(19-21-44)29-10-12-32(13-11-29)46-36(47)45(26-40-46)31-4-2-3-5-31/h6-17,25-26,31,34H,2-5,18-24H2,1H3/t34-,37-/m1/s1. The number of halogens is 1. The van der Waals surface area contributed by atoms with E-state index in [4.69, 9.17) is 14.2 Å². The molecule has 1 aliphatic carbocycles. The first kappa shape index (κ1) is 33.5. The largest absolute Gasteiger partial charge is 0.491 e. The molecule has 8 rings (SSSR count). The smallest absolute Gasteiger partial charge is 0.350 e. The van der Waals surface area contributed by atoms with E-state index >= 15 is 0 Å². The molecule has 3 aromatic carbocycles. The van der Waals surface area contributed by atoms with Crippen LogP contribution in [0.2, 0.25) is 0 Å². The zero-order chi connectivity index (χ0) is 34.8. The Morgan fingerprint density at radius 1 is 0.882 bits per heavy atom. The van der Waals surface area contributed by atoms with E-state index in [9.17, 15) is 9.18 Å². The number of benzene rings is 3. The normalized spacial score (nSPS) is 21.1. The molecule has 0 bridgehead atoms. The molecule has 0 radical (unpaired) electrons. The van der Waals surface area contributed by atoms with E-state index < -0.39 is 5.79 Å². The summed E-state index contributed by atoms with van der Waals surface area (Å²) in [6, 6.07) is 22.8. The van der Waals surface area contributed by atoms with Crippen molar-refractivity contribution in [1.82, 2.24) is 29.1 Å². The van der Waals surface area contributed by atoms with Gasteiger partial charge in [-0.15, -0.1) is 10.2 Å². The van der Waals surface area contributed by atoms with Gasteiger partial charge in [0, 0.05) is 56.2 Å². The van der Waals surface area contributed by atoms with Crippen LogP contribution in [0.15, 0.2) is 95.4 Å². The van der Waals surface area contributed by atoms with Crippen LogP contribution < -0.4 is 20.2 Å². The Balaban J connectivity index is 0.835. The van der Waals surface area contributed by atoms with E-state index in [1.54, 1.807) is 29.4 Å². The number of anilines is 2. The highest BCUT2D eigenvalue weighted by molar-refractivity contribution is 7.99. The summed E-state index contributed by atoms with van der Waals surface area (Å²) >= 11 is 1.47. The van der Waals surface area contributed by atoms with Gasteiger partial charge in [0.25, 0.3) is 0 Å². The maximum absolute atomic E-state index is 13.7. The van der Waals surface area contributed by atoms with E-state index in [-0.39, 0.29) is 23.7 Å². The minimum atomic E-state index is -1.07. The Kier molecular flexibility index (Phi) is 9.54. The second-order valence-corrected chi connectivity index (χ2v) is 14.2. The number of piperazine rings is 1. The Morgan fingerprint density at radius 3 is 2.18 bits per heavy atom. The van der Waals surface area contributed by atoms with Crippen molar-refractivity contribution in [3.05, 3.63) is 107 Å². The second-order valence-electron chi connectivity index (χ2n) is 13.3. The summed E-state index contributed by atoms with van der Waals surface area (Å²) in [6.45, 7) is 4.20. The summed E-state index contributed by atoms with van der Waals surface area (Å²) in [5, 5.41) is 13.2. The van der Waals surface area contributed by atoms with Crippen molar-refractivity contribution in [2.24, 2.45) is 7.05 Å². The highest BCUT2D eigenvalue weighted by Crippen LogP contribution is 2.39. The number of rotatable bonds is 11. The Labute approximate surface area is 299 Å². The molecular weight excluding hydrogens is 672 g/mol. The van der Waals surface area contributed by atoms with Gasteiger partial charge in [-0.3, -0.25) is 4.57 Å². The first-order chi connectivity index (χ1) is 24.9. The lowest BCUT2D eigenvalue weighted by atomic mass is 10.1. The third-order valence-electron chi connectivity index (χ3n) is 9.99. The number of ether oxygens (including phenoxy) is 3. The van der Waals surface area contributed by atoms with E-state index in [2.05, 4.69) is 49.4 Å². The van der Waals surface area contributed by atoms with Crippen molar-refractivity contribution in [2.45, 2.75) is 48.8 Å². The van der Waals surface area contributed by atoms with Crippen LogP contribution in [0.4, 0.5) is 15.8 Å². The summed E-state index contributed by atoms with van der Waals surface area (Å²) in [5.41, 5.74) is 3.75. The molecule has 2 saturated heterocycles. The van der Waals surface area contributed by atoms with Gasteiger partial charge in [-0.25, -0.2) is 9.18 Å². The van der Waals surface area contributed by atoms with Crippen LogP contribution in [0.5, 0.6) is 5.75 Å². The van der Waals surface area contributed by atoms with Crippen molar-refractivity contribution < 1.29 is 18.6 Å². The topological polar surface area (TPSA) is 105 Å². The van der Waals surface area contributed by atoms with Crippen LogP contribution in [0.3, 0.4) is 0 Å². The van der Waals surface area contributed by atoms with E-state index in [0.717, 1.165) is 72.6 Å². The zero-order valence-corrected chi connectivity index (χ0v) is 29.3. The van der Waals surface area contributed by atoms with Gasteiger partial charge in [0.15, 0.2) is 5.16 Å². The lowest BCUT2D eigenvalue weighted by molar-refractivity contribution is -0.160. The molecule has 12 nitrogen and oxygen atoms in total. The Morgan fingerprint density at radius 2 is 1.53 bits per heavy atom. The molecule has 1 saturated carbocycles. The summed E-state index contributed by atoms with van der Waals surface area (Å²) in [4.78, 5) is 17.7. The van der Waals surface area contributed by atoms with E-state index in [0.29, 0.717) is 19.0 Å². The fraction of sp³-hybridized carbons (Fsp3) is 0.405. The average Bonchev–Trinajstić information content (AvgIpc) is 3.99. The quantitative estimate of drug-likeness (QED) is 0.170. The summed E-state index contributed by atoms with van der Waals surface area (Å²) < 4.78 is 37.8. The molecule has 0 spiro atoms. The maximum Gasteiger partial charge on any atom is 0.350 e. The second kappa shape index (κ2) is 14.5. The number of hydrogen-bond donors (Lipinski definition) is 0. The molecule has 3 aliphatic rings. The summed E-state index contributed by atoms with van der Waals surface area (Å²) in [6.07, 6.45) is 7.47. The maximum atomic E-state index is 13.7. The van der Waals surface area contributed by atoms with Crippen LogP contribution in [-0.4, -0.2) is 80.4 Å². The molecule has 0 unspecified atom stereocenters. The van der Waals surface area contributed by atoms with Gasteiger partial charge >= 0.3 is 5.69 Å². The molecule has 2 aromatic heterocycles. The predicted octanol–water partition coefficient (Wildman–Crippen LogP) is 5.18. The van der Waals surface area contributed by atoms with Gasteiger partial charge in [0.05, 0.1) is 18.0 Å². The van der Waals surface area contributed by atoms with Gasteiger partial charge in [0.1, 0.15) is 36.9 Å². The van der Waals surface area contributed by atoms with E-state index in [1.165, 1.54) is 41.4 Å². The molecule has 5 aromatic rings. The Bertz CT molecular complexity index is 1970. The Hall–Kier alpha value is -4.66. The monoisotopic (exact) mass is 712 g/mol. The van der Waals surface area contributed by atoms with Crippen molar-refractivity contribution in [3.8, 4) is 11.4 Å². The van der Waals surface area contributed by atoms with Gasteiger partial charge < -0.3 is 28.6 Å². The van der Waals surface area contributed by atoms with Crippen LogP contribution in [0.25, 0.3) is 5.69 Å². The summed E-state index contributed by atoms with van der Waals surface area (Å²) in [7, 11) is 1.88. The number of aryl methyl sites for hydroxylation is 1. The minimum absolute atomic E-state index is 0.0609. The molecule has 51 heavy (non-hydrogen) atoms. The predicted molar refractivity (Wildman–Crippen MR) is 192 cm³/mol. The van der Waals surface area contributed by atoms with Crippen molar-refractivity contribution >= 4 is 23.1 Å². The lowest BCUT2D eigenvalue weighted by Gasteiger charge is -2.37. The minimum Gasteiger partial charge on any atom is -0.491 e. The third-order valence-corrected chi connectivity index (χ3v) is 11.1. The van der Waals surface area contributed by atoms with Crippen LogP contribution >= 0.6 is 11.8 Å². The van der Waals surface area contributed by atoms with Crippen LogP contribution in [-0.2, 0) is 22.3 Å². The highest BCUT2D eigenvalue weighted by atomic mass is 32.2. The van der Waals surface area contributed by atoms with Crippen molar-refractivity contribution in [3.63, 3.8) is 0 Å². The molecule has 266 valence electrons. The fourth-order valence-electron chi connectivity index (χ4n) is 7.12. The average molecular weight is 713 g/mol. The highest BCUT2D eigenvalue weighted by Gasteiger charge is 2.44. The lowest BCUT2D eigenvalue weighted by Crippen LogP contribution is -2.46. The van der Waals surface area contributed by atoms with Crippen molar-refractivity contribution in [1.29, 1.82) is 0 Å². The molecule has 4 heterocycles. The van der Waals surface area contributed by atoms with Crippen molar-refractivity contribution in [2.75, 3.05) is 54.9 Å². The molecule has 0 N–H and O–H groups in total. The van der Waals surface area contributed by atoms with Crippen LogP contribution in [0.1, 0.15) is 37.3 Å². The molecule has 2 atom stereocenters. The molecule has 2 aliphatic heterocycles. The first-order valence-corrected chi connectivity index (χ1v) is 18.5. The molecule has 0 amide bonds. The van der Waals surface area contributed by atoms with Gasteiger partial charge in [-0.2, -0.15) is 9.78 Å². The third kappa shape index (κ3) is 7.12. The molecule has 14 heteroatoms. The zero-order valence-electron chi connectivity index (χ0n) is 28.5. The summed E-state index contributed by atoms with van der Waals surface area (Å²) in [5.74, 6) is -0.212. The van der Waals surface area contributed by atoms with Gasteiger partial charge in [-0.1, -0.05) is 36.7 Å². The fourth-order valence-corrected chi connectivity index (χ4v) is 8.11. The molecule has 3 fully saturated rings.